The third-order valence-corrected chi connectivity index (χ3v) is 3.23. The normalized spacial score (nSPS) is 18.1. The summed E-state index contributed by atoms with van der Waals surface area (Å²) in [5.41, 5.74) is -0.565. The molecule has 1 aliphatic rings. The molecule has 0 aliphatic heterocycles. The van der Waals surface area contributed by atoms with E-state index in [0.717, 1.165) is 0 Å². The van der Waals surface area contributed by atoms with E-state index in [0.29, 0.717) is 11.1 Å². The molecule has 1 saturated carbocycles. The van der Waals surface area contributed by atoms with Crippen LogP contribution in [0.5, 0.6) is 5.75 Å². The van der Waals surface area contributed by atoms with Crippen LogP contribution in [0, 0.1) is 6.92 Å². The number of halogens is 3. The van der Waals surface area contributed by atoms with Crippen LogP contribution in [0.2, 0.25) is 0 Å². The number of alkyl halides is 3. The number of hydrogen-bond donors (Lipinski definition) is 2. The highest BCUT2D eigenvalue weighted by atomic mass is 19.4. The lowest BCUT2D eigenvalue weighted by atomic mass is 10.1. The van der Waals surface area contributed by atoms with Crippen molar-refractivity contribution in [1.29, 1.82) is 0 Å². The Hall–Kier alpha value is -1.23. The molecule has 17 heavy (non-hydrogen) atoms. The van der Waals surface area contributed by atoms with Gasteiger partial charge in [0.15, 0.2) is 0 Å². The summed E-state index contributed by atoms with van der Waals surface area (Å²) in [6.07, 6.45) is -3.99. The van der Waals surface area contributed by atoms with Gasteiger partial charge in [0.1, 0.15) is 11.3 Å². The summed E-state index contributed by atoms with van der Waals surface area (Å²) in [6.45, 7) is 1.75. The lowest BCUT2D eigenvalue weighted by Crippen LogP contribution is -2.44. The lowest BCUT2D eigenvalue weighted by Gasteiger charge is -2.21. The highest BCUT2D eigenvalue weighted by molar-refractivity contribution is 5.39. The molecule has 1 aliphatic carbocycles. The van der Waals surface area contributed by atoms with Gasteiger partial charge in [0.05, 0.1) is 0 Å². The third-order valence-electron chi connectivity index (χ3n) is 3.23. The minimum absolute atomic E-state index is 0.0347. The van der Waals surface area contributed by atoms with Crippen molar-refractivity contribution in [2.45, 2.75) is 38.0 Å². The number of phenols is 1. The molecule has 0 aromatic heterocycles. The number of nitrogens with one attached hydrogen (secondary N) is 1. The third kappa shape index (κ3) is 2.24. The Morgan fingerprint density at radius 2 is 2.00 bits per heavy atom. The van der Waals surface area contributed by atoms with Crippen LogP contribution in [-0.2, 0) is 6.54 Å². The number of aromatic hydroxyl groups is 1. The summed E-state index contributed by atoms with van der Waals surface area (Å²) in [4.78, 5) is 0. The Morgan fingerprint density at radius 3 is 2.53 bits per heavy atom. The number of rotatable bonds is 3. The summed E-state index contributed by atoms with van der Waals surface area (Å²) in [7, 11) is 0. The topological polar surface area (TPSA) is 32.3 Å². The van der Waals surface area contributed by atoms with Crippen molar-refractivity contribution in [3.8, 4) is 5.75 Å². The molecule has 0 bridgehead atoms. The minimum Gasteiger partial charge on any atom is -0.507 e. The molecule has 0 saturated heterocycles. The molecule has 0 radical (unpaired) electrons. The number of para-hydroxylation sites is 1. The highest BCUT2D eigenvalue weighted by Gasteiger charge is 2.62. The predicted octanol–water partition coefficient (Wildman–Crippen LogP) is 2.89. The van der Waals surface area contributed by atoms with Crippen molar-refractivity contribution in [2.75, 3.05) is 0 Å². The van der Waals surface area contributed by atoms with Crippen LogP contribution < -0.4 is 5.32 Å². The minimum atomic E-state index is -4.22. The lowest BCUT2D eigenvalue weighted by molar-refractivity contribution is -0.166. The van der Waals surface area contributed by atoms with Crippen LogP contribution in [0.1, 0.15) is 24.0 Å². The predicted molar refractivity (Wildman–Crippen MR) is 57.7 cm³/mol. The molecule has 1 fully saturated rings. The molecule has 2 N–H and O–H groups in total. The van der Waals surface area contributed by atoms with E-state index in [1.807, 2.05) is 0 Å². The summed E-state index contributed by atoms with van der Waals surface area (Å²) < 4.78 is 38.0. The summed E-state index contributed by atoms with van der Waals surface area (Å²) >= 11 is 0. The SMILES string of the molecule is Cc1cccc(CNC2(C(F)(F)F)CC2)c1O. The molecular formula is C12H14F3NO. The highest BCUT2D eigenvalue weighted by Crippen LogP contribution is 2.49. The maximum Gasteiger partial charge on any atom is 0.406 e. The zero-order valence-corrected chi connectivity index (χ0v) is 9.43. The van der Waals surface area contributed by atoms with Crippen molar-refractivity contribution in [3.63, 3.8) is 0 Å². The zero-order valence-electron chi connectivity index (χ0n) is 9.43. The van der Waals surface area contributed by atoms with Gasteiger partial charge in [-0.25, -0.2) is 0 Å². The zero-order chi connectivity index (χ0) is 12.7. The monoisotopic (exact) mass is 245 g/mol. The molecule has 1 aromatic carbocycles. The largest absolute Gasteiger partial charge is 0.507 e. The van der Waals surface area contributed by atoms with Crippen LogP contribution in [0.15, 0.2) is 18.2 Å². The Labute approximate surface area is 97.5 Å². The van der Waals surface area contributed by atoms with E-state index in [2.05, 4.69) is 5.32 Å². The number of aryl methyl sites for hydroxylation is 1. The summed E-state index contributed by atoms with van der Waals surface area (Å²) in [5.74, 6) is 0.0676. The summed E-state index contributed by atoms with van der Waals surface area (Å²) in [5, 5.41) is 12.2. The second kappa shape index (κ2) is 3.91. The average Bonchev–Trinajstić information content (AvgIpc) is 3.00. The van der Waals surface area contributed by atoms with Gasteiger partial charge in [-0.15, -0.1) is 0 Å². The molecule has 2 rings (SSSR count). The first-order chi connectivity index (χ1) is 7.86. The average molecular weight is 245 g/mol. The van der Waals surface area contributed by atoms with Crippen LogP contribution in [0.4, 0.5) is 13.2 Å². The van der Waals surface area contributed by atoms with E-state index >= 15 is 0 Å². The van der Waals surface area contributed by atoms with E-state index in [9.17, 15) is 18.3 Å². The van der Waals surface area contributed by atoms with E-state index in [4.69, 9.17) is 0 Å². The number of phenolic OH excluding ortho intramolecular Hbond substituents is 1. The Kier molecular flexibility index (Phi) is 2.81. The molecule has 0 amide bonds. The van der Waals surface area contributed by atoms with Gasteiger partial charge in [0.25, 0.3) is 0 Å². The van der Waals surface area contributed by atoms with Gasteiger partial charge in [-0.3, -0.25) is 5.32 Å². The quantitative estimate of drug-likeness (QED) is 0.858. The standard InChI is InChI=1S/C12H14F3NO/c1-8-3-2-4-9(10(8)17)7-16-11(5-6-11)12(13,14)15/h2-4,16-17H,5-7H2,1H3. The van der Waals surface area contributed by atoms with Crippen molar-refractivity contribution in [2.24, 2.45) is 0 Å². The van der Waals surface area contributed by atoms with Gasteiger partial charge in [-0.1, -0.05) is 18.2 Å². The van der Waals surface area contributed by atoms with Crippen molar-refractivity contribution in [3.05, 3.63) is 29.3 Å². The molecule has 94 valence electrons. The first kappa shape index (κ1) is 12.2. The van der Waals surface area contributed by atoms with E-state index in [-0.39, 0.29) is 25.1 Å². The Morgan fingerprint density at radius 1 is 1.35 bits per heavy atom. The molecule has 0 atom stereocenters. The molecule has 0 spiro atoms. The first-order valence-corrected chi connectivity index (χ1v) is 5.45. The fourth-order valence-electron chi connectivity index (χ4n) is 1.81. The first-order valence-electron chi connectivity index (χ1n) is 5.45. The van der Waals surface area contributed by atoms with Gasteiger partial charge < -0.3 is 5.11 Å². The van der Waals surface area contributed by atoms with Gasteiger partial charge >= 0.3 is 6.18 Å². The van der Waals surface area contributed by atoms with E-state index < -0.39 is 11.7 Å². The van der Waals surface area contributed by atoms with E-state index in [1.165, 1.54) is 0 Å². The van der Waals surface area contributed by atoms with Gasteiger partial charge in [-0.05, 0) is 25.3 Å². The van der Waals surface area contributed by atoms with Crippen LogP contribution in [-0.4, -0.2) is 16.8 Å². The molecular weight excluding hydrogens is 231 g/mol. The maximum atomic E-state index is 12.7. The molecule has 1 aromatic rings. The van der Waals surface area contributed by atoms with E-state index in [1.54, 1.807) is 25.1 Å². The van der Waals surface area contributed by atoms with Crippen LogP contribution >= 0.6 is 0 Å². The molecule has 0 heterocycles. The van der Waals surface area contributed by atoms with Gasteiger partial charge in [-0.2, -0.15) is 13.2 Å². The van der Waals surface area contributed by atoms with Crippen LogP contribution in [0.25, 0.3) is 0 Å². The van der Waals surface area contributed by atoms with Crippen molar-refractivity contribution >= 4 is 0 Å². The fraction of sp³-hybridized carbons (Fsp3) is 0.500. The second-order valence-electron chi connectivity index (χ2n) is 4.52. The van der Waals surface area contributed by atoms with Crippen molar-refractivity contribution in [1.82, 2.24) is 5.32 Å². The van der Waals surface area contributed by atoms with Gasteiger partial charge in [0.2, 0.25) is 0 Å². The number of hydrogen-bond acceptors (Lipinski definition) is 2. The molecule has 0 unspecified atom stereocenters. The summed E-state index contributed by atoms with van der Waals surface area (Å²) in [6, 6.07) is 5.07. The van der Waals surface area contributed by atoms with Gasteiger partial charge in [0, 0.05) is 12.1 Å². The fourth-order valence-corrected chi connectivity index (χ4v) is 1.81. The Bertz CT molecular complexity index is 424. The smallest absolute Gasteiger partial charge is 0.406 e. The second-order valence-corrected chi connectivity index (χ2v) is 4.52. The molecule has 2 nitrogen and oxygen atoms in total. The van der Waals surface area contributed by atoms with Crippen LogP contribution in [0.3, 0.4) is 0 Å². The van der Waals surface area contributed by atoms with Crippen molar-refractivity contribution < 1.29 is 18.3 Å². The Balaban J connectivity index is 2.06. The maximum absolute atomic E-state index is 12.7. The molecule has 5 heteroatoms. The number of benzene rings is 1.